The summed E-state index contributed by atoms with van der Waals surface area (Å²) in [6, 6.07) is 0. The van der Waals surface area contributed by atoms with Crippen LogP contribution in [0.5, 0.6) is 0 Å². The fourth-order valence-corrected chi connectivity index (χ4v) is 2.96. The molecular weight excluding hydrogens is 222 g/mol. The topological polar surface area (TPSA) is 46.2 Å². The molecule has 1 unspecified atom stereocenters. The molecule has 0 amide bonds. The van der Waals surface area contributed by atoms with Crippen LogP contribution in [0.4, 0.5) is 0 Å². The van der Waals surface area contributed by atoms with Crippen LogP contribution in [0.1, 0.15) is 47.5 Å². The van der Waals surface area contributed by atoms with Crippen molar-refractivity contribution in [3.05, 3.63) is 0 Å². The minimum absolute atomic E-state index is 0.108. The lowest BCUT2D eigenvalue weighted by Crippen LogP contribution is -2.38. The van der Waals surface area contributed by atoms with Crippen LogP contribution in [-0.2, 0) is 9.84 Å². The van der Waals surface area contributed by atoms with Crippen LogP contribution in [0.25, 0.3) is 0 Å². The van der Waals surface area contributed by atoms with Crippen LogP contribution in [-0.4, -0.2) is 32.0 Å². The molecule has 0 bridgehead atoms. The number of hydrogen-bond donors (Lipinski definition) is 1. The second kappa shape index (κ2) is 6.60. The van der Waals surface area contributed by atoms with Gasteiger partial charge in [-0.2, -0.15) is 0 Å². The quantitative estimate of drug-likeness (QED) is 0.752. The molecule has 1 N–H and O–H groups in total. The van der Waals surface area contributed by atoms with E-state index in [0.717, 1.165) is 19.4 Å². The van der Waals surface area contributed by atoms with Crippen LogP contribution in [0, 0.1) is 5.92 Å². The SMILES string of the molecule is CCCS(=O)(=O)CCC(C)CNC(C)(C)C. The lowest BCUT2D eigenvalue weighted by molar-refractivity contribution is 0.378. The van der Waals surface area contributed by atoms with Crippen molar-refractivity contribution in [1.29, 1.82) is 0 Å². The molecule has 0 heterocycles. The van der Waals surface area contributed by atoms with Gasteiger partial charge in [0.15, 0.2) is 0 Å². The van der Waals surface area contributed by atoms with Crippen molar-refractivity contribution < 1.29 is 8.42 Å². The Balaban J connectivity index is 3.86. The number of nitrogens with one attached hydrogen (secondary N) is 1. The van der Waals surface area contributed by atoms with Crippen LogP contribution in [0.15, 0.2) is 0 Å². The first-order chi connectivity index (χ1) is 7.16. The Morgan fingerprint density at radius 3 is 2.19 bits per heavy atom. The minimum atomic E-state index is -2.81. The van der Waals surface area contributed by atoms with E-state index in [1.54, 1.807) is 0 Å². The standard InChI is InChI=1S/C12H27NO2S/c1-6-8-16(14,15)9-7-11(2)10-13-12(3,4)5/h11,13H,6-10H2,1-5H3. The Morgan fingerprint density at radius 1 is 1.19 bits per heavy atom. The fourth-order valence-electron chi connectivity index (χ4n) is 1.38. The first-order valence-electron chi connectivity index (χ1n) is 6.12. The normalized spacial score (nSPS) is 15.1. The summed E-state index contributed by atoms with van der Waals surface area (Å²) >= 11 is 0. The van der Waals surface area contributed by atoms with Crippen LogP contribution < -0.4 is 5.32 Å². The van der Waals surface area contributed by atoms with Gasteiger partial charge in [0.05, 0.1) is 5.75 Å². The molecule has 0 aromatic carbocycles. The summed E-state index contributed by atoms with van der Waals surface area (Å²) in [4.78, 5) is 0. The van der Waals surface area contributed by atoms with E-state index >= 15 is 0 Å². The van der Waals surface area contributed by atoms with E-state index < -0.39 is 9.84 Å². The molecule has 0 saturated carbocycles. The average molecular weight is 249 g/mol. The molecule has 0 aromatic rings. The van der Waals surface area contributed by atoms with Gasteiger partial charge in [-0.1, -0.05) is 13.8 Å². The van der Waals surface area contributed by atoms with Gasteiger partial charge in [0.1, 0.15) is 9.84 Å². The smallest absolute Gasteiger partial charge is 0.150 e. The summed E-state index contributed by atoms with van der Waals surface area (Å²) in [5.41, 5.74) is 0.108. The van der Waals surface area contributed by atoms with Gasteiger partial charge < -0.3 is 5.32 Å². The number of rotatable bonds is 7. The molecule has 0 aliphatic carbocycles. The molecule has 0 saturated heterocycles. The Morgan fingerprint density at radius 2 is 1.75 bits per heavy atom. The lowest BCUT2D eigenvalue weighted by Gasteiger charge is -2.23. The Labute approximate surface area is 101 Å². The molecule has 0 spiro atoms. The van der Waals surface area contributed by atoms with Gasteiger partial charge in [-0.15, -0.1) is 0 Å². The van der Waals surface area contributed by atoms with E-state index in [1.807, 2.05) is 6.92 Å². The molecule has 0 rings (SSSR count). The summed E-state index contributed by atoms with van der Waals surface area (Å²) in [6.45, 7) is 11.2. The van der Waals surface area contributed by atoms with E-state index in [4.69, 9.17) is 0 Å². The van der Waals surface area contributed by atoms with Crippen molar-refractivity contribution in [2.75, 3.05) is 18.1 Å². The van der Waals surface area contributed by atoms with Crippen molar-refractivity contribution in [1.82, 2.24) is 5.32 Å². The summed E-state index contributed by atoms with van der Waals surface area (Å²) in [7, 11) is -2.81. The van der Waals surface area contributed by atoms with Gasteiger partial charge in [-0.05, 0) is 46.1 Å². The number of sulfone groups is 1. The van der Waals surface area contributed by atoms with Crippen molar-refractivity contribution in [3.63, 3.8) is 0 Å². The van der Waals surface area contributed by atoms with Gasteiger partial charge >= 0.3 is 0 Å². The van der Waals surface area contributed by atoms with Gasteiger partial charge in [-0.3, -0.25) is 0 Å². The molecule has 0 fully saturated rings. The maximum absolute atomic E-state index is 11.5. The summed E-state index contributed by atoms with van der Waals surface area (Å²) < 4.78 is 23.0. The number of hydrogen-bond acceptors (Lipinski definition) is 3. The van der Waals surface area contributed by atoms with Crippen LogP contribution in [0.2, 0.25) is 0 Å². The van der Waals surface area contributed by atoms with Crippen molar-refractivity contribution in [2.24, 2.45) is 5.92 Å². The summed E-state index contributed by atoms with van der Waals surface area (Å²) in [6.07, 6.45) is 1.47. The fraction of sp³-hybridized carbons (Fsp3) is 1.00. The summed E-state index contributed by atoms with van der Waals surface area (Å²) in [5.74, 6) is 1.06. The molecular formula is C12H27NO2S. The second-order valence-electron chi connectivity index (χ2n) is 5.68. The van der Waals surface area contributed by atoms with Gasteiger partial charge in [0.25, 0.3) is 0 Å². The highest BCUT2D eigenvalue weighted by Gasteiger charge is 2.14. The van der Waals surface area contributed by atoms with E-state index in [-0.39, 0.29) is 5.54 Å². The molecule has 0 aliphatic rings. The zero-order valence-electron chi connectivity index (χ0n) is 11.3. The molecule has 0 aromatic heterocycles. The third-order valence-corrected chi connectivity index (χ3v) is 4.31. The first-order valence-corrected chi connectivity index (χ1v) is 7.94. The molecule has 1 atom stereocenters. The third-order valence-electron chi connectivity index (χ3n) is 2.42. The van der Waals surface area contributed by atoms with Gasteiger partial charge in [0, 0.05) is 11.3 Å². The van der Waals surface area contributed by atoms with E-state index in [2.05, 4.69) is 33.0 Å². The van der Waals surface area contributed by atoms with Crippen molar-refractivity contribution >= 4 is 9.84 Å². The lowest BCUT2D eigenvalue weighted by atomic mass is 10.1. The molecule has 0 aliphatic heterocycles. The maximum Gasteiger partial charge on any atom is 0.150 e. The van der Waals surface area contributed by atoms with E-state index in [0.29, 0.717) is 17.4 Å². The predicted molar refractivity (Wildman–Crippen MR) is 70.5 cm³/mol. The highest BCUT2D eigenvalue weighted by Crippen LogP contribution is 2.07. The highest BCUT2D eigenvalue weighted by atomic mass is 32.2. The molecule has 98 valence electrons. The van der Waals surface area contributed by atoms with Crippen molar-refractivity contribution in [3.8, 4) is 0 Å². The molecule has 3 nitrogen and oxygen atoms in total. The van der Waals surface area contributed by atoms with Crippen molar-refractivity contribution in [2.45, 2.75) is 53.0 Å². The molecule has 16 heavy (non-hydrogen) atoms. The largest absolute Gasteiger partial charge is 0.312 e. The molecule has 0 radical (unpaired) electrons. The molecule has 4 heteroatoms. The summed E-state index contributed by atoms with van der Waals surface area (Å²) in [5, 5.41) is 3.40. The average Bonchev–Trinajstić information content (AvgIpc) is 2.10. The maximum atomic E-state index is 11.5. The zero-order valence-corrected chi connectivity index (χ0v) is 12.2. The van der Waals surface area contributed by atoms with E-state index in [9.17, 15) is 8.42 Å². The Bertz CT molecular complexity index is 278. The highest BCUT2D eigenvalue weighted by molar-refractivity contribution is 7.91. The third kappa shape index (κ3) is 9.16. The van der Waals surface area contributed by atoms with Crippen LogP contribution >= 0.6 is 0 Å². The zero-order chi connectivity index (χ0) is 12.8. The monoisotopic (exact) mass is 249 g/mol. The Hall–Kier alpha value is -0.0900. The van der Waals surface area contributed by atoms with Crippen LogP contribution in [0.3, 0.4) is 0 Å². The van der Waals surface area contributed by atoms with Gasteiger partial charge in [0.2, 0.25) is 0 Å². The Kier molecular flexibility index (Phi) is 6.56. The minimum Gasteiger partial charge on any atom is -0.312 e. The first kappa shape index (κ1) is 15.9. The van der Waals surface area contributed by atoms with Gasteiger partial charge in [-0.25, -0.2) is 8.42 Å². The predicted octanol–water partition coefficient (Wildman–Crippen LogP) is 2.23. The second-order valence-corrected chi connectivity index (χ2v) is 7.98. The van der Waals surface area contributed by atoms with E-state index in [1.165, 1.54) is 0 Å².